The molecule has 23 heavy (non-hydrogen) atoms. The van der Waals surface area contributed by atoms with Crippen LogP contribution in [0.3, 0.4) is 0 Å². The average molecular weight is 311 g/mol. The fourth-order valence-electron chi connectivity index (χ4n) is 2.02. The number of carbonyl (C=O) groups is 1. The fraction of sp³-hybridized carbons (Fsp3) is 0.222. The third kappa shape index (κ3) is 4.85. The van der Waals surface area contributed by atoms with E-state index in [2.05, 4.69) is 15.8 Å². The summed E-state index contributed by atoms with van der Waals surface area (Å²) in [5, 5.41) is 7.15. The van der Waals surface area contributed by atoms with Gasteiger partial charge in [-0.2, -0.15) is 5.10 Å². The highest BCUT2D eigenvalue weighted by molar-refractivity contribution is 5.86. The van der Waals surface area contributed by atoms with Crippen LogP contribution in [0.15, 0.2) is 53.6 Å². The van der Waals surface area contributed by atoms with Gasteiger partial charge in [-0.3, -0.25) is 4.79 Å². The minimum absolute atomic E-state index is 0.201. The van der Waals surface area contributed by atoms with Gasteiger partial charge in [0.25, 0.3) is 5.91 Å². The first-order chi connectivity index (χ1) is 11.1. The van der Waals surface area contributed by atoms with Gasteiger partial charge in [-0.05, 0) is 43.2 Å². The summed E-state index contributed by atoms with van der Waals surface area (Å²) in [5.74, 6) is 0.544. The summed E-state index contributed by atoms with van der Waals surface area (Å²) in [6.45, 7) is 3.79. The molecule has 5 nitrogen and oxygen atoms in total. The minimum Gasteiger partial charge on any atom is -0.497 e. The minimum atomic E-state index is -0.390. The zero-order valence-electron chi connectivity index (χ0n) is 13.5. The summed E-state index contributed by atoms with van der Waals surface area (Å²) < 4.78 is 5.14. The first-order valence-electron chi connectivity index (χ1n) is 7.39. The van der Waals surface area contributed by atoms with Crippen molar-refractivity contribution in [1.29, 1.82) is 0 Å². The molecule has 0 saturated carbocycles. The van der Waals surface area contributed by atoms with Crippen LogP contribution in [0.25, 0.3) is 0 Å². The van der Waals surface area contributed by atoms with Crippen molar-refractivity contribution in [3.63, 3.8) is 0 Å². The topological polar surface area (TPSA) is 62.7 Å². The second-order valence-electron chi connectivity index (χ2n) is 5.19. The smallest absolute Gasteiger partial charge is 0.262 e. The predicted octanol–water partition coefficient (Wildman–Crippen LogP) is 2.95. The Hall–Kier alpha value is -2.82. The van der Waals surface area contributed by atoms with Crippen LogP contribution in [0.4, 0.5) is 5.69 Å². The molecular weight excluding hydrogens is 290 g/mol. The maximum Gasteiger partial charge on any atom is 0.262 e. The Bertz CT molecular complexity index is 698. The normalized spacial score (nSPS) is 12.0. The van der Waals surface area contributed by atoms with Crippen molar-refractivity contribution in [2.75, 3.05) is 12.4 Å². The van der Waals surface area contributed by atoms with Crippen molar-refractivity contribution in [2.45, 2.75) is 19.9 Å². The third-order valence-electron chi connectivity index (χ3n) is 3.39. The molecule has 0 aliphatic carbocycles. The number of hydrazone groups is 1. The van der Waals surface area contributed by atoms with E-state index in [-0.39, 0.29) is 5.91 Å². The number of nitrogens with one attached hydrogen (secondary N) is 2. The van der Waals surface area contributed by atoms with Crippen LogP contribution in [0.1, 0.15) is 18.1 Å². The van der Waals surface area contributed by atoms with E-state index < -0.39 is 6.04 Å². The van der Waals surface area contributed by atoms with Crippen LogP contribution in [0.5, 0.6) is 5.75 Å². The number of benzene rings is 2. The van der Waals surface area contributed by atoms with E-state index in [0.717, 1.165) is 22.6 Å². The molecule has 0 spiro atoms. The highest BCUT2D eigenvalue weighted by Gasteiger charge is 2.12. The molecular formula is C18H21N3O2. The summed E-state index contributed by atoms with van der Waals surface area (Å²) in [6.07, 6.45) is 1.58. The Balaban J connectivity index is 1.91. The maximum absolute atomic E-state index is 12.1. The van der Waals surface area contributed by atoms with Crippen molar-refractivity contribution in [3.8, 4) is 5.75 Å². The Morgan fingerprint density at radius 2 is 2.00 bits per heavy atom. The monoisotopic (exact) mass is 311 g/mol. The zero-order valence-corrected chi connectivity index (χ0v) is 13.5. The Labute approximate surface area is 136 Å². The van der Waals surface area contributed by atoms with Crippen LogP contribution in [0, 0.1) is 6.92 Å². The van der Waals surface area contributed by atoms with Crippen molar-refractivity contribution in [2.24, 2.45) is 5.10 Å². The number of rotatable bonds is 6. The number of carbonyl (C=O) groups excluding carboxylic acids is 1. The summed E-state index contributed by atoms with van der Waals surface area (Å²) in [4.78, 5) is 12.1. The van der Waals surface area contributed by atoms with E-state index >= 15 is 0 Å². The maximum atomic E-state index is 12.1. The summed E-state index contributed by atoms with van der Waals surface area (Å²) in [7, 11) is 1.61. The molecule has 2 rings (SSSR count). The SMILES string of the molecule is COc1cccc(/C=N\NC(=O)[C@H](C)Nc2ccccc2C)c1. The van der Waals surface area contributed by atoms with Crippen molar-refractivity contribution < 1.29 is 9.53 Å². The molecule has 0 bridgehead atoms. The van der Waals surface area contributed by atoms with Crippen LogP contribution < -0.4 is 15.5 Å². The number of hydrogen-bond donors (Lipinski definition) is 2. The fourth-order valence-corrected chi connectivity index (χ4v) is 2.02. The number of amides is 1. The second kappa shape index (κ2) is 7.98. The average Bonchev–Trinajstić information content (AvgIpc) is 2.57. The third-order valence-corrected chi connectivity index (χ3v) is 3.39. The number of anilines is 1. The standard InChI is InChI=1S/C18H21N3O2/c1-13-7-4-5-10-17(13)20-14(2)18(22)21-19-12-15-8-6-9-16(11-15)23-3/h4-12,14,20H,1-3H3,(H,21,22)/b19-12-/t14-/m0/s1. The van der Waals surface area contributed by atoms with Crippen LogP contribution in [0.2, 0.25) is 0 Å². The number of ether oxygens (including phenoxy) is 1. The summed E-state index contributed by atoms with van der Waals surface area (Å²) >= 11 is 0. The van der Waals surface area contributed by atoms with Crippen molar-refractivity contribution in [3.05, 3.63) is 59.7 Å². The summed E-state index contributed by atoms with van der Waals surface area (Å²) in [5.41, 5.74) is 5.41. The Kier molecular flexibility index (Phi) is 5.74. The largest absolute Gasteiger partial charge is 0.497 e. The molecule has 0 aliphatic rings. The molecule has 0 unspecified atom stereocenters. The van der Waals surface area contributed by atoms with Crippen molar-refractivity contribution in [1.82, 2.24) is 5.43 Å². The Morgan fingerprint density at radius 1 is 1.22 bits per heavy atom. The van der Waals surface area contributed by atoms with Gasteiger partial charge < -0.3 is 10.1 Å². The van der Waals surface area contributed by atoms with Gasteiger partial charge in [0.2, 0.25) is 0 Å². The van der Waals surface area contributed by atoms with Gasteiger partial charge in [0.1, 0.15) is 11.8 Å². The van der Waals surface area contributed by atoms with Crippen LogP contribution in [-0.4, -0.2) is 25.3 Å². The lowest BCUT2D eigenvalue weighted by Gasteiger charge is -2.15. The van der Waals surface area contributed by atoms with Crippen molar-refractivity contribution >= 4 is 17.8 Å². The molecule has 2 aromatic rings. The highest BCUT2D eigenvalue weighted by Crippen LogP contribution is 2.14. The lowest BCUT2D eigenvalue weighted by Crippen LogP contribution is -2.35. The molecule has 0 aromatic heterocycles. The Morgan fingerprint density at radius 3 is 2.74 bits per heavy atom. The van der Waals surface area contributed by atoms with E-state index in [0.29, 0.717) is 0 Å². The van der Waals surface area contributed by atoms with E-state index in [4.69, 9.17) is 4.74 Å². The number of para-hydroxylation sites is 1. The number of aryl methyl sites for hydroxylation is 1. The first-order valence-corrected chi connectivity index (χ1v) is 7.39. The molecule has 120 valence electrons. The first kappa shape index (κ1) is 16.5. The van der Waals surface area contributed by atoms with Gasteiger partial charge in [-0.15, -0.1) is 0 Å². The van der Waals surface area contributed by atoms with Gasteiger partial charge in [0.05, 0.1) is 13.3 Å². The molecule has 1 atom stereocenters. The molecule has 2 N–H and O–H groups in total. The quantitative estimate of drug-likeness (QED) is 0.637. The van der Waals surface area contributed by atoms with E-state index in [1.54, 1.807) is 20.2 Å². The van der Waals surface area contributed by atoms with E-state index in [1.807, 2.05) is 55.5 Å². The van der Waals surface area contributed by atoms with Gasteiger partial charge in [0.15, 0.2) is 0 Å². The van der Waals surface area contributed by atoms with Gasteiger partial charge in [0, 0.05) is 5.69 Å². The molecule has 0 radical (unpaired) electrons. The van der Waals surface area contributed by atoms with Gasteiger partial charge >= 0.3 is 0 Å². The summed E-state index contributed by atoms with van der Waals surface area (Å²) in [6, 6.07) is 14.9. The van der Waals surface area contributed by atoms with E-state index in [1.165, 1.54) is 0 Å². The molecule has 0 saturated heterocycles. The lowest BCUT2D eigenvalue weighted by molar-refractivity contribution is -0.121. The lowest BCUT2D eigenvalue weighted by atomic mass is 10.2. The molecule has 0 aliphatic heterocycles. The highest BCUT2D eigenvalue weighted by atomic mass is 16.5. The molecule has 5 heteroatoms. The molecule has 2 aromatic carbocycles. The van der Waals surface area contributed by atoms with Gasteiger partial charge in [-0.1, -0.05) is 30.3 Å². The second-order valence-corrected chi connectivity index (χ2v) is 5.19. The molecule has 1 amide bonds. The molecule has 0 heterocycles. The number of hydrogen-bond acceptors (Lipinski definition) is 4. The molecule has 0 fully saturated rings. The number of nitrogens with zero attached hydrogens (tertiary/aromatic N) is 1. The van der Waals surface area contributed by atoms with E-state index in [9.17, 15) is 4.79 Å². The zero-order chi connectivity index (χ0) is 16.7. The van der Waals surface area contributed by atoms with Crippen LogP contribution >= 0.6 is 0 Å². The van der Waals surface area contributed by atoms with Crippen LogP contribution in [-0.2, 0) is 4.79 Å². The number of methoxy groups -OCH3 is 1. The predicted molar refractivity (Wildman–Crippen MR) is 93.0 cm³/mol. The van der Waals surface area contributed by atoms with Gasteiger partial charge in [-0.25, -0.2) is 5.43 Å².